The quantitative estimate of drug-likeness (QED) is 0.452. The molecule has 1 fully saturated rings. The molecule has 0 radical (unpaired) electrons. The Kier molecular flexibility index (Phi) is 8.81. The minimum atomic E-state index is -0.107. The van der Waals surface area contributed by atoms with E-state index in [1.165, 1.54) is 0 Å². The first-order chi connectivity index (χ1) is 14.5. The molecule has 3 rings (SSSR count). The molecule has 30 heavy (non-hydrogen) atoms. The number of ether oxygens (including phenoxy) is 2. The molecule has 160 valence electrons. The minimum Gasteiger partial charge on any atom is -0.486 e. The van der Waals surface area contributed by atoms with Crippen LogP contribution in [-0.4, -0.2) is 30.9 Å². The van der Waals surface area contributed by atoms with Crippen molar-refractivity contribution in [1.82, 2.24) is 5.32 Å². The van der Waals surface area contributed by atoms with Crippen molar-refractivity contribution in [2.75, 3.05) is 13.2 Å². The highest BCUT2D eigenvalue weighted by molar-refractivity contribution is 14.1. The molecule has 2 aromatic carbocycles. The van der Waals surface area contributed by atoms with Crippen molar-refractivity contribution in [3.05, 3.63) is 57.1 Å². The predicted molar refractivity (Wildman–Crippen MR) is 125 cm³/mol. The molecule has 7 heteroatoms. The summed E-state index contributed by atoms with van der Waals surface area (Å²) in [4.78, 5) is 24.3. The number of carbonyl (C=O) groups is 2. The topological polar surface area (TPSA) is 64.6 Å². The van der Waals surface area contributed by atoms with Crippen LogP contribution in [0.4, 0.5) is 0 Å². The lowest BCUT2D eigenvalue weighted by Crippen LogP contribution is -2.40. The molecule has 0 spiro atoms. The summed E-state index contributed by atoms with van der Waals surface area (Å²) in [6.07, 6.45) is 4.13. The van der Waals surface area contributed by atoms with Crippen molar-refractivity contribution >= 4 is 45.9 Å². The van der Waals surface area contributed by atoms with Crippen LogP contribution in [0.3, 0.4) is 0 Å². The second kappa shape index (κ2) is 11.6. The van der Waals surface area contributed by atoms with E-state index in [1.54, 1.807) is 24.3 Å². The number of benzene rings is 2. The standard InChI is InChI=1S/C23H25ClINO4/c24-17-3-9-21(10-4-17)29-14-20(27)13-16-1-7-19(8-2-16)26-23(28)15-30-22-11-5-18(25)6-12-22/h3-6,9-12,16,19H,1-2,7-8,13-15H2,(H,26,28). The molecule has 0 bridgehead atoms. The number of carbonyl (C=O) groups excluding carboxylic acids is 2. The van der Waals surface area contributed by atoms with Crippen molar-refractivity contribution < 1.29 is 19.1 Å². The fourth-order valence-electron chi connectivity index (χ4n) is 3.54. The average molecular weight is 542 g/mol. The molecule has 5 nitrogen and oxygen atoms in total. The molecule has 1 aliphatic rings. The van der Waals surface area contributed by atoms with Crippen molar-refractivity contribution in [3.8, 4) is 11.5 Å². The summed E-state index contributed by atoms with van der Waals surface area (Å²) in [5.41, 5.74) is 0. The van der Waals surface area contributed by atoms with Gasteiger partial charge < -0.3 is 14.8 Å². The third-order valence-electron chi connectivity index (χ3n) is 5.13. The van der Waals surface area contributed by atoms with Crippen molar-refractivity contribution in [1.29, 1.82) is 0 Å². The highest BCUT2D eigenvalue weighted by Gasteiger charge is 2.24. The van der Waals surface area contributed by atoms with E-state index in [-0.39, 0.29) is 30.9 Å². The van der Waals surface area contributed by atoms with E-state index in [9.17, 15) is 9.59 Å². The Morgan fingerprint density at radius 3 is 2.10 bits per heavy atom. The minimum absolute atomic E-state index is 0.0149. The van der Waals surface area contributed by atoms with Gasteiger partial charge in [0, 0.05) is 21.1 Å². The molecule has 0 unspecified atom stereocenters. The molecular formula is C23H25ClINO4. The maximum atomic E-state index is 12.2. The van der Waals surface area contributed by atoms with Gasteiger partial charge in [-0.25, -0.2) is 0 Å². The summed E-state index contributed by atoms with van der Waals surface area (Å²) in [6.45, 7) is 0.0925. The number of Topliss-reactive ketones (excluding diaryl/α,β-unsaturated/α-hetero) is 1. The van der Waals surface area contributed by atoms with Gasteiger partial charge in [-0.3, -0.25) is 9.59 Å². The second-order valence-electron chi connectivity index (χ2n) is 7.51. The Balaban J connectivity index is 1.31. The Bertz CT molecular complexity index is 762. The molecule has 1 N–H and O–H groups in total. The van der Waals surface area contributed by atoms with Crippen LogP contribution in [0.1, 0.15) is 32.1 Å². The lowest BCUT2D eigenvalue weighted by Gasteiger charge is -2.28. The molecule has 1 saturated carbocycles. The molecule has 2 aromatic rings. The average Bonchev–Trinajstić information content (AvgIpc) is 2.74. The molecule has 0 heterocycles. The zero-order valence-corrected chi connectivity index (χ0v) is 19.5. The molecule has 1 amide bonds. The zero-order valence-electron chi connectivity index (χ0n) is 16.6. The monoisotopic (exact) mass is 541 g/mol. The summed E-state index contributed by atoms with van der Waals surface area (Å²) >= 11 is 8.07. The van der Waals surface area contributed by atoms with Crippen LogP contribution >= 0.6 is 34.2 Å². The molecule has 0 aliphatic heterocycles. The number of hydrogen-bond donors (Lipinski definition) is 1. The number of nitrogens with one attached hydrogen (secondary N) is 1. The van der Waals surface area contributed by atoms with E-state index in [4.69, 9.17) is 21.1 Å². The summed E-state index contributed by atoms with van der Waals surface area (Å²) in [6, 6.07) is 14.7. The Morgan fingerprint density at radius 2 is 1.47 bits per heavy atom. The summed E-state index contributed by atoms with van der Waals surface area (Å²) in [5, 5.41) is 3.68. The maximum Gasteiger partial charge on any atom is 0.258 e. The summed E-state index contributed by atoms with van der Waals surface area (Å²) in [7, 11) is 0. The second-order valence-corrected chi connectivity index (χ2v) is 9.20. The zero-order chi connectivity index (χ0) is 21.3. The third-order valence-corrected chi connectivity index (χ3v) is 6.10. The van der Waals surface area contributed by atoms with Crippen LogP contribution in [-0.2, 0) is 9.59 Å². The normalized spacial score (nSPS) is 18.5. The van der Waals surface area contributed by atoms with Gasteiger partial charge in [0.15, 0.2) is 12.4 Å². The fourth-order valence-corrected chi connectivity index (χ4v) is 4.02. The van der Waals surface area contributed by atoms with Crippen LogP contribution in [0.15, 0.2) is 48.5 Å². The lowest BCUT2D eigenvalue weighted by atomic mass is 9.83. The molecule has 0 atom stereocenters. The van der Waals surface area contributed by atoms with Crippen LogP contribution in [0.2, 0.25) is 5.02 Å². The van der Waals surface area contributed by atoms with Gasteiger partial charge in [0.25, 0.3) is 5.91 Å². The third kappa shape index (κ3) is 7.80. The summed E-state index contributed by atoms with van der Waals surface area (Å²) < 4.78 is 12.2. The van der Waals surface area contributed by atoms with Crippen molar-refractivity contribution in [2.45, 2.75) is 38.1 Å². The van der Waals surface area contributed by atoms with Gasteiger partial charge in [0.1, 0.15) is 18.1 Å². The number of ketones is 1. The van der Waals surface area contributed by atoms with Gasteiger partial charge >= 0.3 is 0 Å². The molecule has 0 saturated heterocycles. The highest BCUT2D eigenvalue weighted by atomic mass is 127. The van der Waals surface area contributed by atoms with E-state index in [1.807, 2.05) is 24.3 Å². The first-order valence-electron chi connectivity index (χ1n) is 10.1. The number of amides is 1. The van der Waals surface area contributed by atoms with E-state index in [2.05, 4.69) is 27.9 Å². The van der Waals surface area contributed by atoms with E-state index >= 15 is 0 Å². The van der Waals surface area contributed by atoms with Gasteiger partial charge in [-0.1, -0.05) is 11.6 Å². The van der Waals surface area contributed by atoms with Crippen LogP contribution in [0.25, 0.3) is 0 Å². The van der Waals surface area contributed by atoms with Crippen molar-refractivity contribution in [3.63, 3.8) is 0 Å². The maximum absolute atomic E-state index is 12.2. The van der Waals surface area contributed by atoms with Gasteiger partial charge in [0.05, 0.1) is 0 Å². The smallest absolute Gasteiger partial charge is 0.258 e. The SMILES string of the molecule is O=C(COc1ccc(Cl)cc1)CC1CCC(NC(=O)COc2ccc(I)cc2)CC1. The van der Waals surface area contributed by atoms with Gasteiger partial charge in [-0.2, -0.15) is 0 Å². The largest absolute Gasteiger partial charge is 0.486 e. The number of hydrogen-bond acceptors (Lipinski definition) is 4. The highest BCUT2D eigenvalue weighted by Crippen LogP contribution is 2.27. The first-order valence-corrected chi connectivity index (χ1v) is 11.5. The van der Waals surface area contributed by atoms with Gasteiger partial charge in [-0.05, 0) is 103 Å². The van der Waals surface area contributed by atoms with E-state index in [0.29, 0.717) is 28.9 Å². The van der Waals surface area contributed by atoms with Crippen LogP contribution < -0.4 is 14.8 Å². The van der Waals surface area contributed by atoms with E-state index < -0.39 is 0 Å². The fraction of sp³-hybridized carbons (Fsp3) is 0.391. The Labute approximate surface area is 195 Å². The van der Waals surface area contributed by atoms with Crippen LogP contribution in [0.5, 0.6) is 11.5 Å². The molecular weight excluding hydrogens is 517 g/mol. The van der Waals surface area contributed by atoms with Gasteiger partial charge in [-0.15, -0.1) is 0 Å². The number of halogens is 2. The first kappa shape index (κ1) is 22.9. The van der Waals surface area contributed by atoms with E-state index in [0.717, 1.165) is 29.3 Å². The summed E-state index contributed by atoms with van der Waals surface area (Å²) in [5.74, 6) is 1.68. The predicted octanol–water partition coefficient (Wildman–Crippen LogP) is 5.04. The Hall–Kier alpha value is -1.80. The van der Waals surface area contributed by atoms with Gasteiger partial charge in [0.2, 0.25) is 0 Å². The Morgan fingerprint density at radius 1 is 0.900 bits per heavy atom. The lowest BCUT2D eigenvalue weighted by molar-refractivity contribution is -0.125. The molecule has 0 aromatic heterocycles. The number of rotatable bonds is 9. The molecule has 1 aliphatic carbocycles. The van der Waals surface area contributed by atoms with Crippen LogP contribution in [0, 0.1) is 9.49 Å². The van der Waals surface area contributed by atoms with Crippen molar-refractivity contribution in [2.24, 2.45) is 5.92 Å².